The number of hydrogen-bond acceptors (Lipinski definition) is 2. The standard InChI is InChI=1S/C14H26N2O.ClH/c1-11-6-9-16(10-12(11)2)13(17)14(3)7-4-5-8-15-14;/h11-12,15H,4-10H2,1-3H3;1H. The third kappa shape index (κ3) is 3.18. The monoisotopic (exact) mass is 274 g/mol. The average molecular weight is 275 g/mol. The number of carbonyl (C=O) groups excluding carboxylic acids is 1. The van der Waals surface area contributed by atoms with Crippen LogP contribution in [0.15, 0.2) is 0 Å². The molecule has 1 amide bonds. The fourth-order valence-corrected chi connectivity index (χ4v) is 3.04. The zero-order valence-corrected chi connectivity index (χ0v) is 12.7. The molecule has 0 aromatic rings. The second-order valence-corrected chi connectivity index (χ2v) is 6.21. The number of rotatable bonds is 1. The molecule has 4 heteroatoms. The Morgan fingerprint density at radius 3 is 2.56 bits per heavy atom. The van der Waals surface area contributed by atoms with Crippen LogP contribution in [0.2, 0.25) is 0 Å². The van der Waals surface area contributed by atoms with E-state index < -0.39 is 0 Å². The van der Waals surface area contributed by atoms with E-state index in [-0.39, 0.29) is 17.9 Å². The molecule has 2 aliphatic heterocycles. The zero-order chi connectivity index (χ0) is 12.5. The third-order valence-corrected chi connectivity index (χ3v) is 4.71. The quantitative estimate of drug-likeness (QED) is 0.797. The van der Waals surface area contributed by atoms with E-state index in [0.29, 0.717) is 11.8 Å². The summed E-state index contributed by atoms with van der Waals surface area (Å²) in [6.07, 6.45) is 4.53. The number of piperidine rings is 2. The fourth-order valence-electron chi connectivity index (χ4n) is 3.04. The highest BCUT2D eigenvalue weighted by atomic mass is 35.5. The topological polar surface area (TPSA) is 32.3 Å². The van der Waals surface area contributed by atoms with E-state index in [1.807, 2.05) is 0 Å². The molecule has 3 unspecified atom stereocenters. The SMILES string of the molecule is CC1CCN(C(=O)C2(C)CCCCN2)CC1C.Cl. The Morgan fingerprint density at radius 1 is 1.28 bits per heavy atom. The number of nitrogens with one attached hydrogen (secondary N) is 1. The molecule has 0 radical (unpaired) electrons. The van der Waals surface area contributed by atoms with Gasteiger partial charge in [-0.25, -0.2) is 0 Å². The summed E-state index contributed by atoms with van der Waals surface area (Å²) < 4.78 is 0. The van der Waals surface area contributed by atoms with Crippen molar-refractivity contribution in [2.24, 2.45) is 11.8 Å². The minimum absolute atomic E-state index is 0. The summed E-state index contributed by atoms with van der Waals surface area (Å²) >= 11 is 0. The summed E-state index contributed by atoms with van der Waals surface area (Å²) in [5, 5.41) is 3.43. The van der Waals surface area contributed by atoms with Gasteiger partial charge in [-0.2, -0.15) is 0 Å². The Bertz CT molecular complexity index is 290. The minimum Gasteiger partial charge on any atom is -0.341 e. The maximum Gasteiger partial charge on any atom is 0.242 e. The molecule has 0 aromatic carbocycles. The Morgan fingerprint density at radius 2 is 2.00 bits per heavy atom. The molecule has 18 heavy (non-hydrogen) atoms. The number of likely N-dealkylation sites (tertiary alicyclic amines) is 1. The predicted molar refractivity (Wildman–Crippen MR) is 77.0 cm³/mol. The van der Waals surface area contributed by atoms with Gasteiger partial charge in [-0.1, -0.05) is 13.8 Å². The van der Waals surface area contributed by atoms with Crippen molar-refractivity contribution < 1.29 is 4.79 Å². The average Bonchev–Trinajstić information content (AvgIpc) is 2.33. The highest BCUT2D eigenvalue weighted by molar-refractivity contribution is 5.86. The fraction of sp³-hybridized carbons (Fsp3) is 0.929. The summed E-state index contributed by atoms with van der Waals surface area (Å²) in [6, 6.07) is 0. The molecule has 1 N–H and O–H groups in total. The van der Waals surface area contributed by atoms with Crippen LogP contribution in [0, 0.1) is 11.8 Å². The molecule has 2 heterocycles. The van der Waals surface area contributed by atoms with Crippen LogP contribution < -0.4 is 5.32 Å². The molecular formula is C14H27ClN2O. The first kappa shape index (κ1) is 15.8. The smallest absolute Gasteiger partial charge is 0.242 e. The minimum atomic E-state index is -0.293. The van der Waals surface area contributed by atoms with Crippen LogP contribution in [0.3, 0.4) is 0 Å². The molecule has 2 rings (SSSR count). The van der Waals surface area contributed by atoms with Crippen LogP contribution in [0.4, 0.5) is 0 Å². The lowest BCUT2D eigenvalue weighted by molar-refractivity contribution is -0.141. The Hall–Kier alpha value is -0.280. The molecule has 0 saturated carbocycles. The van der Waals surface area contributed by atoms with E-state index in [1.54, 1.807) is 0 Å². The maximum atomic E-state index is 12.6. The van der Waals surface area contributed by atoms with E-state index >= 15 is 0 Å². The third-order valence-electron chi connectivity index (χ3n) is 4.71. The van der Waals surface area contributed by atoms with E-state index in [0.717, 1.165) is 38.4 Å². The van der Waals surface area contributed by atoms with Gasteiger partial charge in [0.15, 0.2) is 0 Å². The molecule has 0 aromatic heterocycles. The highest BCUT2D eigenvalue weighted by Gasteiger charge is 2.39. The number of carbonyl (C=O) groups is 1. The van der Waals surface area contributed by atoms with Crippen LogP contribution >= 0.6 is 12.4 Å². The van der Waals surface area contributed by atoms with E-state index in [1.165, 1.54) is 12.8 Å². The second kappa shape index (κ2) is 6.25. The molecule has 3 atom stereocenters. The summed E-state index contributed by atoms with van der Waals surface area (Å²) in [6.45, 7) is 9.52. The van der Waals surface area contributed by atoms with Gasteiger partial charge in [0.1, 0.15) is 0 Å². The van der Waals surface area contributed by atoms with Gasteiger partial charge < -0.3 is 10.2 Å². The molecular weight excluding hydrogens is 248 g/mol. The zero-order valence-electron chi connectivity index (χ0n) is 11.9. The van der Waals surface area contributed by atoms with Crippen molar-refractivity contribution in [3.8, 4) is 0 Å². The van der Waals surface area contributed by atoms with Gasteiger partial charge in [-0.15, -0.1) is 12.4 Å². The first-order valence-electron chi connectivity index (χ1n) is 7.07. The maximum absolute atomic E-state index is 12.6. The molecule has 2 saturated heterocycles. The van der Waals surface area contributed by atoms with Crippen LogP contribution in [0.1, 0.15) is 46.5 Å². The lowest BCUT2D eigenvalue weighted by Gasteiger charge is -2.42. The van der Waals surface area contributed by atoms with Crippen molar-refractivity contribution >= 4 is 18.3 Å². The molecule has 2 aliphatic rings. The van der Waals surface area contributed by atoms with E-state index in [4.69, 9.17) is 0 Å². The van der Waals surface area contributed by atoms with Gasteiger partial charge in [-0.3, -0.25) is 4.79 Å². The highest BCUT2D eigenvalue weighted by Crippen LogP contribution is 2.27. The second-order valence-electron chi connectivity index (χ2n) is 6.21. The summed E-state index contributed by atoms with van der Waals surface area (Å²) in [5.74, 6) is 1.72. The number of hydrogen-bond donors (Lipinski definition) is 1. The van der Waals surface area contributed by atoms with Crippen LogP contribution in [-0.2, 0) is 4.79 Å². The molecule has 2 fully saturated rings. The number of amides is 1. The van der Waals surface area contributed by atoms with E-state index in [2.05, 4.69) is 31.0 Å². The first-order chi connectivity index (χ1) is 8.03. The van der Waals surface area contributed by atoms with Gasteiger partial charge in [0.25, 0.3) is 0 Å². The molecule has 0 aliphatic carbocycles. The van der Waals surface area contributed by atoms with Crippen molar-refractivity contribution in [3.05, 3.63) is 0 Å². The van der Waals surface area contributed by atoms with Gasteiger partial charge in [0.2, 0.25) is 5.91 Å². The van der Waals surface area contributed by atoms with Crippen molar-refractivity contribution in [1.29, 1.82) is 0 Å². The van der Waals surface area contributed by atoms with Crippen LogP contribution in [-0.4, -0.2) is 36.0 Å². The lowest BCUT2D eigenvalue weighted by atomic mass is 9.85. The van der Waals surface area contributed by atoms with Gasteiger partial charge in [-0.05, 0) is 51.0 Å². The van der Waals surface area contributed by atoms with Gasteiger partial charge in [0.05, 0.1) is 5.54 Å². The van der Waals surface area contributed by atoms with Crippen molar-refractivity contribution in [1.82, 2.24) is 10.2 Å². The summed E-state index contributed by atoms with van der Waals surface area (Å²) in [4.78, 5) is 14.7. The first-order valence-corrected chi connectivity index (χ1v) is 7.07. The lowest BCUT2D eigenvalue weighted by Crippen LogP contribution is -2.59. The van der Waals surface area contributed by atoms with Crippen LogP contribution in [0.25, 0.3) is 0 Å². The van der Waals surface area contributed by atoms with Gasteiger partial charge in [0, 0.05) is 13.1 Å². The summed E-state index contributed by atoms with van der Waals surface area (Å²) in [5.41, 5.74) is -0.293. The summed E-state index contributed by atoms with van der Waals surface area (Å²) in [7, 11) is 0. The molecule has 3 nitrogen and oxygen atoms in total. The van der Waals surface area contributed by atoms with Crippen molar-refractivity contribution in [2.45, 2.75) is 52.0 Å². The number of halogens is 1. The van der Waals surface area contributed by atoms with Gasteiger partial charge >= 0.3 is 0 Å². The predicted octanol–water partition coefficient (Wildman–Crippen LogP) is 2.44. The Labute approximate surface area is 117 Å². The largest absolute Gasteiger partial charge is 0.341 e. The van der Waals surface area contributed by atoms with Crippen molar-refractivity contribution in [2.75, 3.05) is 19.6 Å². The van der Waals surface area contributed by atoms with Crippen LogP contribution in [0.5, 0.6) is 0 Å². The van der Waals surface area contributed by atoms with Crippen molar-refractivity contribution in [3.63, 3.8) is 0 Å². The Kier molecular flexibility index (Phi) is 5.47. The van der Waals surface area contributed by atoms with E-state index in [9.17, 15) is 4.79 Å². The number of nitrogens with zero attached hydrogens (tertiary/aromatic N) is 1. The Balaban J connectivity index is 0.00000162. The normalized spacial score (nSPS) is 36.9. The molecule has 0 spiro atoms. The molecule has 106 valence electrons. The molecule has 0 bridgehead atoms.